The standard InChI is InChI=1S/C18H33P.C15H10.2C11H9N.2ClH.Ru/c1-4-10-16(11-5-1)19(17-12-6-2-7-13-17)18-14-8-3-9-15-18;1-2-15(13-9-5-3-6-10-13)14-11-7-4-8-12-14;2*1-2-4-10(5-3-1)11-6-8-12-9-7-11;;;/h16-18H,1-15H2;3-12H;2*1-9H;2*1H;/q;;;;;;+2/p-1. The summed E-state index contributed by atoms with van der Waals surface area (Å²) in [5, 5.41) is 0. The Labute approximate surface area is 380 Å². The molecule has 0 spiro atoms. The van der Waals surface area contributed by atoms with Crippen LogP contribution in [0.3, 0.4) is 0 Å². The van der Waals surface area contributed by atoms with Gasteiger partial charge in [0.1, 0.15) is 0 Å². The van der Waals surface area contributed by atoms with Crippen molar-refractivity contribution in [1.82, 2.24) is 9.97 Å². The third kappa shape index (κ3) is 16.1. The van der Waals surface area contributed by atoms with Crippen molar-refractivity contribution in [2.75, 3.05) is 0 Å². The Kier molecular flexibility index (Phi) is 20.9. The summed E-state index contributed by atoms with van der Waals surface area (Å²) in [4.78, 5) is 7.94. The fraction of sp³-hybridized carbons (Fsp3) is 0.327. The molecule has 318 valence electrons. The SMILES string of the molecule is C1CCC([PH+](C2CCCCC2)C2CCCCC2)CC1.[Cl][Ru]([Cl])=[C]=C=C(c1ccccc1)c1ccccc1.c1ccc(-c2ccncc2)cc1.c1ccc(-c2ccncc2)cc1. The normalized spacial score (nSPS) is 15.8. The molecule has 6 aromatic rings. The van der Waals surface area contributed by atoms with Crippen molar-refractivity contribution in [3.63, 3.8) is 0 Å². The van der Waals surface area contributed by atoms with Crippen LogP contribution in [0.5, 0.6) is 0 Å². The van der Waals surface area contributed by atoms with Crippen LogP contribution >= 0.6 is 27.3 Å². The molecule has 3 aliphatic rings. The molecule has 4 aromatic carbocycles. The zero-order valence-corrected chi connectivity index (χ0v) is 39.8. The van der Waals surface area contributed by atoms with Gasteiger partial charge in [0, 0.05) is 32.7 Å². The first-order valence-electron chi connectivity index (χ1n) is 22.4. The minimum atomic E-state index is -1.95. The van der Waals surface area contributed by atoms with E-state index in [1.807, 2.05) is 146 Å². The van der Waals surface area contributed by atoms with Gasteiger partial charge in [0.15, 0.2) is 0 Å². The zero-order valence-electron chi connectivity index (χ0n) is 35.5. The maximum absolute atomic E-state index is 5.82. The first-order chi connectivity index (χ1) is 30.2. The number of nitrogens with zero attached hydrogens (tertiary/aromatic N) is 2. The van der Waals surface area contributed by atoms with Gasteiger partial charge in [-0.15, -0.1) is 0 Å². The minimum Gasteiger partial charge on any atom is -0.265 e. The monoisotopic (exact) mass is 953 g/mol. The minimum absolute atomic E-state index is 0.0465. The van der Waals surface area contributed by atoms with Gasteiger partial charge in [-0.2, -0.15) is 0 Å². The summed E-state index contributed by atoms with van der Waals surface area (Å²) >= 11 is -1.95. The Hall–Kier alpha value is -3.76. The molecule has 0 atom stereocenters. The van der Waals surface area contributed by atoms with E-state index >= 15 is 0 Å². The molecule has 0 aliphatic heterocycles. The van der Waals surface area contributed by atoms with Crippen LogP contribution in [0.2, 0.25) is 0 Å². The molecule has 0 unspecified atom stereocenters. The number of hydrogen-bond donors (Lipinski definition) is 0. The molecule has 3 fully saturated rings. The maximum Gasteiger partial charge on any atom is 0.0273 e. The Morgan fingerprint density at radius 1 is 0.410 bits per heavy atom. The molecule has 61 heavy (non-hydrogen) atoms. The Morgan fingerprint density at radius 2 is 0.705 bits per heavy atom. The summed E-state index contributed by atoms with van der Waals surface area (Å²) in [5.74, 6) is 0. The molecule has 2 aromatic heterocycles. The van der Waals surface area contributed by atoms with Gasteiger partial charge in [-0.3, -0.25) is 9.97 Å². The summed E-state index contributed by atoms with van der Waals surface area (Å²) in [5.41, 5.74) is 14.8. The zero-order chi connectivity index (χ0) is 42.2. The summed E-state index contributed by atoms with van der Waals surface area (Å²) < 4.78 is 2.93. The Morgan fingerprint density at radius 3 is 1.02 bits per heavy atom. The number of pyridine rings is 2. The predicted molar refractivity (Wildman–Crippen MR) is 264 cm³/mol. The van der Waals surface area contributed by atoms with Crippen LogP contribution in [0.1, 0.15) is 107 Å². The van der Waals surface area contributed by atoms with Crippen molar-refractivity contribution < 1.29 is 13.5 Å². The third-order valence-corrected chi connectivity index (χ3v) is 18.1. The van der Waals surface area contributed by atoms with Crippen LogP contribution in [-0.4, -0.2) is 31.2 Å². The molecule has 3 saturated carbocycles. The van der Waals surface area contributed by atoms with Crippen molar-refractivity contribution in [3.05, 3.63) is 187 Å². The van der Waals surface area contributed by atoms with Crippen LogP contribution < -0.4 is 0 Å². The quantitative estimate of drug-likeness (QED) is 0.0905. The van der Waals surface area contributed by atoms with Gasteiger partial charge in [-0.25, -0.2) is 0 Å². The van der Waals surface area contributed by atoms with E-state index in [1.165, 1.54) is 39.2 Å². The number of halogens is 2. The average Bonchev–Trinajstić information content (AvgIpc) is 3.35. The molecule has 2 nitrogen and oxygen atoms in total. The molecular weight excluding hydrogens is 892 g/mol. The summed E-state index contributed by atoms with van der Waals surface area (Å²) in [6, 6.07) is 48.7. The van der Waals surface area contributed by atoms with Gasteiger partial charge in [0.2, 0.25) is 0 Å². The summed E-state index contributed by atoms with van der Waals surface area (Å²) in [6.45, 7) is 0. The van der Waals surface area contributed by atoms with E-state index in [9.17, 15) is 0 Å². The molecule has 3 aliphatic carbocycles. The summed E-state index contributed by atoms with van der Waals surface area (Å²) in [7, 11) is 11.6. The van der Waals surface area contributed by atoms with E-state index < -0.39 is 13.5 Å². The molecule has 0 amide bonds. The number of hydrogen-bond acceptors (Lipinski definition) is 2. The summed E-state index contributed by atoms with van der Waals surface area (Å²) in [6.07, 6.45) is 31.0. The van der Waals surface area contributed by atoms with Crippen molar-refractivity contribution in [3.8, 4) is 22.3 Å². The van der Waals surface area contributed by atoms with E-state index in [4.69, 9.17) is 19.4 Å². The van der Waals surface area contributed by atoms with Crippen LogP contribution in [0.15, 0.2) is 176 Å². The molecule has 0 bridgehead atoms. The maximum atomic E-state index is 5.82. The van der Waals surface area contributed by atoms with Gasteiger partial charge in [-0.05, 0) is 124 Å². The van der Waals surface area contributed by atoms with E-state index in [0.29, 0.717) is 0 Å². The van der Waals surface area contributed by atoms with E-state index in [-0.39, 0.29) is 7.92 Å². The second-order valence-electron chi connectivity index (χ2n) is 16.2. The molecule has 0 radical (unpaired) electrons. The van der Waals surface area contributed by atoms with Crippen LogP contribution in [-0.2, 0) is 13.5 Å². The van der Waals surface area contributed by atoms with Crippen molar-refractivity contribution in [2.24, 2.45) is 0 Å². The molecule has 2 heterocycles. The fourth-order valence-corrected chi connectivity index (χ4v) is 15.3. The second-order valence-corrected chi connectivity index (χ2v) is 25.0. The van der Waals surface area contributed by atoms with Crippen molar-refractivity contribution in [1.29, 1.82) is 0 Å². The first kappa shape index (κ1) is 46.7. The second kappa shape index (κ2) is 27.3. The van der Waals surface area contributed by atoms with Crippen molar-refractivity contribution in [2.45, 2.75) is 113 Å². The van der Waals surface area contributed by atoms with Crippen LogP contribution in [0.4, 0.5) is 0 Å². The number of benzene rings is 4. The topological polar surface area (TPSA) is 25.8 Å². The third-order valence-electron chi connectivity index (χ3n) is 12.2. The molecule has 0 N–H and O–H groups in total. The molecular formula is C55H62Cl2N2PRu+. The van der Waals surface area contributed by atoms with Gasteiger partial charge >= 0.3 is 120 Å². The van der Waals surface area contributed by atoms with Crippen LogP contribution in [0, 0.1) is 0 Å². The van der Waals surface area contributed by atoms with Gasteiger partial charge in [0.05, 0.1) is 17.0 Å². The average molecular weight is 954 g/mol. The first-order valence-corrected chi connectivity index (χ1v) is 29.5. The molecule has 6 heteroatoms. The van der Waals surface area contributed by atoms with E-state index in [2.05, 4.69) is 44.2 Å². The Bertz CT molecular complexity index is 1940. The molecule has 0 saturated heterocycles. The smallest absolute Gasteiger partial charge is 0.0273 e. The molecule has 9 rings (SSSR count). The van der Waals surface area contributed by atoms with Crippen molar-refractivity contribution >= 4 is 37.1 Å². The van der Waals surface area contributed by atoms with E-state index in [0.717, 1.165) is 16.7 Å². The number of rotatable bonds is 7. The predicted octanol–water partition coefficient (Wildman–Crippen LogP) is 16.3. The van der Waals surface area contributed by atoms with Gasteiger partial charge in [0.25, 0.3) is 0 Å². The van der Waals surface area contributed by atoms with E-state index in [1.54, 1.807) is 96.3 Å². The van der Waals surface area contributed by atoms with Crippen LogP contribution in [0.25, 0.3) is 27.8 Å². The Balaban J connectivity index is 0.000000139. The van der Waals surface area contributed by atoms with Gasteiger partial charge in [-0.1, -0.05) is 79.9 Å². The number of aromatic nitrogens is 2. The fourth-order valence-electron chi connectivity index (χ4n) is 9.26. The van der Waals surface area contributed by atoms with Gasteiger partial charge < -0.3 is 0 Å². The largest absolute Gasteiger partial charge is 0.265 e.